The van der Waals surface area contributed by atoms with E-state index in [1.54, 1.807) is 12.1 Å². The van der Waals surface area contributed by atoms with Crippen LogP contribution in [0.3, 0.4) is 0 Å². The van der Waals surface area contributed by atoms with Gasteiger partial charge in [-0.2, -0.15) is 4.98 Å². The van der Waals surface area contributed by atoms with Crippen LogP contribution in [0.2, 0.25) is 5.02 Å². The Kier molecular flexibility index (Phi) is 9.08. The highest BCUT2D eigenvalue weighted by molar-refractivity contribution is 6.32. The molecule has 0 radical (unpaired) electrons. The average molecular weight is 520 g/mol. The first-order chi connectivity index (χ1) is 17.2. The number of aliphatic hydroxyl groups excluding tert-OH is 2. The second-order valence-electron chi connectivity index (χ2n) is 8.06. The van der Waals surface area contributed by atoms with Gasteiger partial charge in [0.05, 0.1) is 18.2 Å². The van der Waals surface area contributed by atoms with Crippen LogP contribution < -0.4 is 20.1 Å². The van der Waals surface area contributed by atoms with Gasteiger partial charge in [-0.05, 0) is 45.0 Å². The highest BCUT2D eigenvalue weighted by Gasteiger charge is 2.21. The fourth-order valence-corrected chi connectivity index (χ4v) is 3.82. The molecule has 0 saturated heterocycles. The lowest BCUT2D eigenvalue weighted by molar-refractivity contribution is -0.127. The lowest BCUT2D eigenvalue weighted by Crippen LogP contribution is -2.33. The zero-order valence-electron chi connectivity index (χ0n) is 20.6. The molecule has 0 saturated carbocycles. The first kappa shape index (κ1) is 27.2. The Balaban J connectivity index is 1.83. The van der Waals surface area contributed by atoms with Crippen molar-refractivity contribution < 1.29 is 29.0 Å². The molecule has 1 aromatic carbocycles. The van der Waals surface area contributed by atoms with Crippen LogP contribution in [0, 0.1) is 6.92 Å². The minimum absolute atomic E-state index is 0.174. The largest absolute Gasteiger partial charge is 0.493 e. The van der Waals surface area contributed by atoms with Crippen LogP contribution in [0.15, 0.2) is 28.8 Å². The molecule has 1 amide bonds. The molecule has 36 heavy (non-hydrogen) atoms. The maximum atomic E-state index is 11.0. The van der Waals surface area contributed by atoms with Crippen molar-refractivity contribution in [2.45, 2.75) is 39.4 Å². The molecule has 2 aromatic heterocycles. The molecule has 1 unspecified atom stereocenters. The van der Waals surface area contributed by atoms with E-state index in [4.69, 9.17) is 31.3 Å². The number of nitrogens with zero attached hydrogens (tertiary/aromatic N) is 4. The quantitative estimate of drug-likeness (QED) is 0.325. The number of aliphatic hydroxyl groups is 2. The van der Waals surface area contributed by atoms with Crippen LogP contribution in [-0.2, 0) is 4.79 Å². The molecular formula is C24H30ClN5O6. The summed E-state index contributed by atoms with van der Waals surface area (Å²) in [6.07, 6.45) is -2.91. The van der Waals surface area contributed by atoms with Gasteiger partial charge in [0, 0.05) is 36.3 Å². The molecule has 3 rings (SSSR count). The van der Waals surface area contributed by atoms with E-state index in [-0.39, 0.29) is 29.5 Å². The zero-order chi connectivity index (χ0) is 26.4. The third-order valence-corrected chi connectivity index (χ3v) is 5.71. The zero-order valence-corrected chi connectivity index (χ0v) is 21.3. The number of primary amides is 1. The van der Waals surface area contributed by atoms with Gasteiger partial charge < -0.3 is 34.8 Å². The molecule has 0 aliphatic rings. The summed E-state index contributed by atoms with van der Waals surface area (Å²) < 4.78 is 16.5. The molecule has 12 heteroatoms. The standard InChI is InChI=1S/C24H30ClN5O6/c1-5-30(6-2)20-10-15(7-13(3)27-20)24-28-23(29-36-24)14-8-17(25)21(19(9-14)34-4)35-12-16(31)11-18(32)22(26)33/h7-10,16,18,31-32H,5-6,11-12H2,1-4H3,(H2,26,33)/t16-,18?/m0/s1. The van der Waals surface area contributed by atoms with Gasteiger partial charge in [0.2, 0.25) is 11.7 Å². The van der Waals surface area contributed by atoms with Crippen molar-refractivity contribution in [2.75, 3.05) is 31.7 Å². The number of amides is 1. The highest BCUT2D eigenvalue weighted by Crippen LogP contribution is 2.39. The van der Waals surface area contributed by atoms with Gasteiger partial charge in [-0.3, -0.25) is 4.79 Å². The Morgan fingerprint density at radius 2 is 1.89 bits per heavy atom. The molecule has 4 N–H and O–H groups in total. The highest BCUT2D eigenvalue weighted by atomic mass is 35.5. The number of aromatic nitrogens is 3. The number of ether oxygens (including phenoxy) is 2. The normalized spacial score (nSPS) is 12.8. The van der Waals surface area contributed by atoms with E-state index in [9.17, 15) is 15.0 Å². The number of nitrogens with two attached hydrogens (primary N) is 1. The van der Waals surface area contributed by atoms with Crippen molar-refractivity contribution in [3.05, 3.63) is 35.0 Å². The summed E-state index contributed by atoms with van der Waals surface area (Å²) in [6, 6.07) is 6.98. The Morgan fingerprint density at radius 3 is 2.53 bits per heavy atom. The van der Waals surface area contributed by atoms with Crippen LogP contribution in [0.1, 0.15) is 26.0 Å². The van der Waals surface area contributed by atoms with Gasteiger partial charge in [0.25, 0.3) is 5.89 Å². The van der Waals surface area contributed by atoms with E-state index in [1.807, 2.05) is 19.1 Å². The average Bonchev–Trinajstić information content (AvgIpc) is 3.33. The lowest BCUT2D eigenvalue weighted by atomic mass is 10.1. The van der Waals surface area contributed by atoms with E-state index in [0.717, 1.165) is 30.2 Å². The molecule has 194 valence electrons. The van der Waals surface area contributed by atoms with Gasteiger partial charge in [-0.15, -0.1) is 0 Å². The van der Waals surface area contributed by atoms with Crippen LogP contribution in [-0.4, -0.2) is 70.3 Å². The van der Waals surface area contributed by atoms with Crippen molar-refractivity contribution in [1.82, 2.24) is 15.1 Å². The van der Waals surface area contributed by atoms with Gasteiger partial charge in [0.1, 0.15) is 18.5 Å². The van der Waals surface area contributed by atoms with Crippen LogP contribution in [0.25, 0.3) is 22.8 Å². The Morgan fingerprint density at radius 1 is 1.17 bits per heavy atom. The second-order valence-corrected chi connectivity index (χ2v) is 8.47. The van der Waals surface area contributed by atoms with E-state index >= 15 is 0 Å². The summed E-state index contributed by atoms with van der Waals surface area (Å²) in [4.78, 5) is 22.2. The number of halogens is 1. The van der Waals surface area contributed by atoms with E-state index in [0.29, 0.717) is 17.3 Å². The number of rotatable bonds is 12. The predicted molar refractivity (Wildman–Crippen MR) is 134 cm³/mol. The number of benzene rings is 1. The predicted octanol–water partition coefficient (Wildman–Crippen LogP) is 2.59. The first-order valence-electron chi connectivity index (χ1n) is 11.4. The number of pyridine rings is 1. The number of aryl methyl sites for hydroxylation is 1. The minimum atomic E-state index is -1.48. The van der Waals surface area contributed by atoms with Crippen molar-refractivity contribution in [1.29, 1.82) is 0 Å². The van der Waals surface area contributed by atoms with E-state index in [2.05, 4.69) is 33.9 Å². The maximum absolute atomic E-state index is 11.0. The lowest BCUT2D eigenvalue weighted by Gasteiger charge is -2.20. The molecule has 0 aliphatic heterocycles. The number of hydrogen-bond acceptors (Lipinski definition) is 10. The fourth-order valence-electron chi connectivity index (χ4n) is 3.55. The summed E-state index contributed by atoms with van der Waals surface area (Å²) in [5.74, 6) is 0.963. The molecule has 0 spiro atoms. The van der Waals surface area contributed by atoms with Crippen molar-refractivity contribution >= 4 is 23.3 Å². The van der Waals surface area contributed by atoms with Crippen molar-refractivity contribution in [2.24, 2.45) is 5.73 Å². The molecule has 2 heterocycles. The number of hydrogen-bond donors (Lipinski definition) is 3. The summed E-state index contributed by atoms with van der Waals surface area (Å²) in [5.41, 5.74) is 7.10. The molecule has 0 aliphatic carbocycles. The summed E-state index contributed by atoms with van der Waals surface area (Å²) in [7, 11) is 1.44. The Hall–Kier alpha value is -3.41. The van der Waals surface area contributed by atoms with Gasteiger partial charge in [0.15, 0.2) is 11.5 Å². The monoisotopic (exact) mass is 519 g/mol. The number of methoxy groups -OCH3 is 1. The minimum Gasteiger partial charge on any atom is -0.493 e. The van der Waals surface area contributed by atoms with Gasteiger partial charge in [-0.1, -0.05) is 16.8 Å². The number of carbonyl (C=O) groups excluding carboxylic acids is 1. The third-order valence-electron chi connectivity index (χ3n) is 5.43. The molecule has 11 nitrogen and oxygen atoms in total. The SMILES string of the molecule is CCN(CC)c1cc(-c2nc(-c3cc(Cl)c(OC[C@@H](O)CC(O)C(N)=O)c(OC)c3)no2)cc(C)n1. The molecule has 2 atom stereocenters. The first-order valence-corrected chi connectivity index (χ1v) is 11.8. The topological polar surface area (TPSA) is 157 Å². The Labute approximate surface area is 213 Å². The number of anilines is 1. The van der Waals surface area contributed by atoms with Gasteiger partial charge >= 0.3 is 0 Å². The molecule has 3 aromatic rings. The maximum Gasteiger partial charge on any atom is 0.258 e. The smallest absolute Gasteiger partial charge is 0.258 e. The third kappa shape index (κ3) is 6.42. The van der Waals surface area contributed by atoms with Crippen LogP contribution in [0.5, 0.6) is 11.5 Å². The van der Waals surface area contributed by atoms with Crippen molar-refractivity contribution in [3.63, 3.8) is 0 Å². The molecule has 0 fully saturated rings. The molecule has 0 bridgehead atoms. The summed E-state index contributed by atoms with van der Waals surface area (Å²) in [5, 5.41) is 23.8. The summed E-state index contributed by atoms with van der Waals surface area (Å²) in [6.45, 7) is 7.42. The van der Waals surface area contributed by atoms with Crippen molar-refractivity contribution in [3.8, 4) is 34.3 Å². The van der Waals surface area contributed by atoms with Gasteiger partial charge in [-0.25, -0.2) is 4.98 Å². The van der Waals surface area contributed by atoms with Crippen LogP contribution >= 0.6 is 11.6 Å². The van der Waals surface area contributed by atoms with E-state index < -0.39 is 18.1 Å². The number of carbonyl (C=O) groups is 1. The second kappa shape index (κ2) is 12.0. The van der Waals surface area contributed by atoms with Crippen LogP contribution in [0.4, 0.5) is 5.82 Å². The fraction of sp³-hybridized carbons (Fsp3) is 0.417. The summed E-state index contributed by atoms with van der Waals surface area (Å²) >= 11 is 6.42. The van der Waals surface area contributed by atoms with E-state index in [1.165, 1.54) is 7.11 Å². The Bertz CT molecular complexity index is 1200. The molecular weight excluding hydrogens is 490 g/mol.